The summed E-state index contributed by atoms with van der Waals surface area (Å²) in [5, 5.41) is 4.43. The Morgan fingerprint density at radius 3 is 2.67 bits per heavy atom. The number of carbonyl (C=O) groups is 1. The predicted octanol–water partition coefficient (Wildman–Crippen LogP) is 3.47. The van der Waals surface area contributed by atoms with Crippen molar-refractivity contribution in [3.63, 3.8) is 0 Å². The smallest absolute Gasteiger partial charge is 0.254 e. The van der Waals surface area contributed by atoms with Crippen molar-refractivity contribution in [3.8, 4) is 0 Å². The van der Waals surface area contributed by atoms with Crippen LogP contribution in [-0.4, -0.2) is 56.1 Å². The van der Waals surface area contributed by atoms with Gasteiger partial charge >= 0.3 is 0 Å². The van der Waals surface area contributed by atoms with Gasteiger partial charge in [0, 0.05) is 43.4 Å². The minimum atomic E-state index is 0.333. The zero-order chi connectivity index (χ0) is 20.5. The van der Waals surface area contributed by atoms with Crippen LogP contribution in [-0.2, 0) is 11.2 Å². The second-order valence-electron chi connectivity index (χ2n) is 9.37. The Hall–Kier alpha value is -2.18. The highest BCUT2D eigenvalue weighted by molar-refractivity contribution is 5.81. The van der Waals surface area contributed by atoms with Crippen molar-refractivity contribution < 1.29 is 4.79 Å². The number of hydrogen-bond acceptors (Lipinski definition) is 5. The van der Waals surface area contributed by atoms with E-state index < -0.39 is 0 Å². The quantitative estimate of drug-likeness (QED) is 0.755. The van der Waals surface area contributed by atoms with E-state index in [-0.39, 0.29) is 0 Å². The van der Waals surface area contributed by atoms with Gasteiger partial charge in [0.1, 0.15) is 12.1 Å². The van der Waals surface area contributed by atoms with Gasteiger partial charge in [-0.05, 0) is 50.9 Å². The van der Waals surface area contributed by atoms with E-state index in [2.05, 4.69) is 37.9 Å². The summed E-state index contributed by atoms with van der Waals surface area (Å²) in [5.74, 6) is 3.21. The molecule has 3 fully saturated rings. The van der Waals surface area contributed by atoms with Gasteiger partial charge in [-0.1, -0.05) is 26.2 Å². The summed E-state index contributed by atoms with van der Waals surface area (Å²) >= 11 is 0. The van der Waals surface area contributed by atoms with Crippen LogP contribution in [0.25, 0.3) is 5.78 Å². The molecule has 5 rings (SSSR count). The first-order valence-electron chi connectivity index (χ1n) is 12.0. The largest absolute Gasteiger partial charge is 0.356 e. The van der Waals surface area contributed by atoms with Crippen molar-refractivity contribution in [2.45, 2.75) is 77.2 Å². The number of carbonyl (C=O) groups excluding carboxylic acids is 1. The van der Waals surface area contributed by atoms with Crippen LogP contribution in [0.1, 0.15) is 70.4 Å². The van der Waals surface area contributed by atoms with Crippen molar-refractivity contribution in [1.82, 2.24) is 24.5 Å². The van der Waals surface area contributed by atoms with Crippen molar-refractivity contribution in [2.75, 3.05) is 24.5 Å². The molecule has 3 aliphatic rings. The van der Waals surface area contributed by atoms with Gasteiger partial charge in [0.2, 0.25) is 5.91 Å². The number of amides is 1. The van der Waals surface area contributed by atoms with Gasteiger partial charge in [0.05, 0.1) is 0 Å². The van der Waals surface area contributed by atoms with E-state index >= 15 is 0 Å². The molecule has 7 nitrogen and oxygen atoms in total. The number of anilines is 1. The van der Waals surface area contributed by atoms with Crippen molar-refractivity contribution >= 4 is 17.5 Å². The molecule has 0 aromatic carbocycles. The van der Waals surface area contributed by atoms with Gasteiger partial charge in [-0.15, -0.1) is 0 Å². The molecule has 30 heavy (non-hydrogen) atoms. The SMILES string of the molecule is CCCc1cc(N2CCC(C3CCCCCN3C(=O)C3CC3)CC2)n2ncnc2n1. The molecule has 2 aromatic rings. The summed E-state index contributed by atoms with van der Waals surface area (Å²) in [6, 6.07) is 2.64. The van der Waals surface area contributed by atoms with Crippen LogP contribution in [0.15, 0.2) is 12.4 Å². The third-order valence-electron chi connectivity index (χ3n) is 7.21. The average molecular weight is 411 g/mol. The maximum absolute atomic E-state index is 13.0. The molecule has 162 valence electrons. The maximum atomic E-state index is 13.0. The third-order valence-corrected chi connectivity index (χ3v) is 7.21. The number of piperidine rings is 1. The molecule has 1 saturated carbocycles. The fourth-order valence-electron chi connectivity index (χ4n) is 5.43. The molecule has 1 amide bonds. The summed E-state index contributed by atoms with van der Waals surface area (Å²) in [5.41, 5.74) is 1.10. The highest BCUT2D eigenvalue weighted by Crippen LogP contribution is 2.37. The van der Waals surface area contributed by atoms with Crippen LogP contribution in [0.2, 0.25) is 0 Å². The second kappa shape index (κ2) is 8.52. The van der Waals surface area contributed by atoms with Gasteiger partial charge in [-0.3, -0.25) is 4.79 Å². The molecule has 2 aliphatic heterocycles. The van der Waals surface area contributed by atoms with Crippen LogP contribution >= 0.6 is 0 Å². The number of hydrogen-bond donors (Lipinski definition) is 0. The lowest BCUT2D eigenvalue weighted by Gasteiger charge is -2.41. The minimum absolute atomic E-state index is 0.333. The summed E-state index contributed by atoms with van der Waals surface area (Å²) < 4.78 is 1.88. The minimum Gasteiger partial charge on any atom is -0.356 e. The first kappa shape index (κ1) is 19.8. The summed E-state index contributed by atoms with van der Waals surface area (Å²) in [6.07, 6.45) is 13.0. The zero-order valence-corrected chi connectivity index (χ0v) is 18.2. The molecule has 0 spiro atoms. The van der Waals surface area contributed by atoms with Crippen molar-refractivity contribution in [3.05, 3.63) is 18.1 Å². The van der Waals surface area contributed by atoms with Crippen LogP contribution in [0.5, 0.6) is 0 Å². The average Bonchev–Trinajstić information content (AvgIpc) is 3.55. The lowest BCUT2D eigenvalue weighted by Crippen LogP contribution is -2.48. The molecule has 0 N–H and O–H groups in total. The summed E-state index contributed by atoms with van der Waals surface area (Å²) in [6.45, 7) is 5.18. The van der Waals surface area contributed by atoms with Gasteiger partial charge in [0.15, 0.2) is 0 Å². The number of nitrogens with zero attached hydrogens (tertiary/aromatic N) is 6. The second-order valence-corrected chi connectivity index (χ2v) is 9.37. The van der Waals surface area contributed by atoms with Crippen molar-refractivity contribution in [1.29, 1.82) is 0 Å². The highest BCUT2D eigenvalue weighted by Gasteiger charge is 2.40. The lowest BCUT2D eigenvalue weighted by molar-refractivity contribution is -0.136. The van der Waals surface area contributed by atoms with E-state index in [1.165, 1.54) is 25.7 Å². The molecular weight excluding hydrogens is 376 g/mol. The van der Waals surface area contributed by atoms with Gasteiger partial charge in [0.25, 0.3) is 5.78 Å². The highest BCUT2D eigenvalue weighted by atomic mass is 16.2. The Morgan fingerprint density at radius 2 is 1.90 bits per heavy atom. The maximum Gasteiger partial charge on any atom is 0.254 e. The molecular formula is C23H34N6O. The number of aromatic nitrogens is 4. The first-order valence-corrected chi connectivity index (χ1v) is 12.0. The Balaban J connectivity index is 1.31. The van der Waals surface area contributed by atoms with Gasteiger partial charge in [-0.2, -0.15) is 14.6 Å². The summed E-state index contributed by atoms with van der Waals surface area (Å²) in [4.78, 5) is 26.7. The van der Waals surface area contributed by atoms with E-state index in [0.29, 0.717) is 29.6 Å². The van der Waals surface area contributed by atoms with Crippen molar-refractivity contribution in [2.24, 2.45) is 11.8 Å². The monoisotopic (exact) mass is 410 g/mol. The number of aryl methyl sites for hydroxylation is 1. The Morgan fingerprint density at radius 1 is 1.07 bits per heavy atom. The van der Waals surface area contributed by atoms with Crippen LogP contribution in [0.4, 0.5) is 5.82 Å². The molecule has 7 heteroatoms. The normalized spacial score (nSPS) is 23.7. The lowest BCUT2D eigenvalue weighted by atomic mass is 9.86. The van der Waals surface area contributed by atoms with Crippen LogP contribution in [0.3, 0.4) is 0 Å². The molecule has 1 atom stereocenters. The fraction of sp³-hybridized carbons (Fsp3) is 0.739. The predicted molar refractivity (Wildman–Crippen MR) is 116 cm³/mol. The van der Waals surface area contributed by atoms with Gasteiger partial charge < -0.3 is 9.80 Å². The zero-order valence-electron chi connectivity index (χ0n) is 18.2. The van der Waals surface area contributed by atoms with Crippen LogP contribution in [0, 0.1) is 11.8 Å². The first-order chi connectivity index (χ1) is 14.7. The van der Waals surface area contributed by atoms with E-state index in [1.54, 1.807) is 6.33 Å². The number of likely N-dealkylation sites (tertiary alicyclic amines) is 1. The fourth-order valence-corrected chi connectivity index (χ4v) is 5.43. The molecule has 2 saturated heterocycles. The molecule has 1 unspecified atom stereocenters. The topological polar surface area (TPSA) is 66.6 Å². The van der Waals surface area contributed by atoms with E-state index in [0.717, 1.165) is 69.7 Å². The Kier molecular flexibility index (Phi) is 5.61. The Bertz CT molecular complexity index is 883. The standard InChI is InChI=1S/C23H34N6O/c1-2-6-19-15-21(29-23(26-19)24-16-25-29)27-13-10-17(11-14-27)20-7-4-3-5-12-28(20)22(30)18-8-9-18/h15-18,20H,2-14H2,1H3. The molecule has 0 bridgehead atoms. The van der Waals surface area contributed by atoms with E-state index in [9.17, 15) is 4.79 Å². The third kappa shape index (κ3) is 3.91. The van der Waals surface area contributed by atoms with Crippen LogP contribution < -0.4 is 4.90 Å². The molecule has 2 aromatic heterocycles. The van der Waals surface area contributed by atoms with E-state index in [4.69, 9.17) is 0 Å². The number of fused-ring (bicyclic) bond motifs is 1. The molecule has 1 aliphatic carbocycles. The molecule has 4 heterocycles. The number of rotatable bonds is 5. The Labute approximate surface area is 178 Å². The summed E-state index contributed by atoms with van der Waals surface area (Å²) in [7, 11) is 0. The molecule has 0 radical (unpaired) electrons. The van der Waals surface area contributed by atoms with Gasteiger partial charge in [-0.25, -0.2) is 4.98 Å². The van der Waals surface area contributed by atoms with E-state index in [1.807, 2.05) is 4.52 Å².